The lowest BCUT2D eigenvalue weighted by Gasteiger charge is -2.25. The summed E-state index contributed by atoms with van der Waals surface area (Å²) >= 11 is 17.6. The summed E-state index contributed by atoms with van der Waals surface area (Å²) in [5, 5.41) is 5.22. The highest BCUT2D eigenvalue weighted by Crippen LogP contribution is 2.18. The first-order chi connectivity index (χ1) is 12.1. The summed E-state index contributed by atoms with van der Waals surface area (Å²) < 4.78 is 5.47. The number of anilines is 1. The quantitative estimate of drug-likeness (QED) is 0.541. The first-order valence-electron chi connectivity index (χ1n) is 7.68. The Morgan fingerprint density at radius 3 is 2.44 bits per heavy atom. The first kappa shape index (κ1) is 17.8. The molecule has 6 heteroatoms. The molecule has 0 bridgehead atoms. The van der Waals surface area contributed by atoms with Crippen LogP contribution in [0.3, 0.4) is 0 Å². The van der Waals surface area contributed by atoms with Gasteiger partial charge in [0.25, 0.3) is 0 Å². The summed E-state index contributed by atoms with van der Waals surface area (Å²) in [5.41, 5.74) is 1.95. The lowest BCUT2D eigenvalue weighted by atomic mass is 10.2. The standard InChI is InChI=1S/C19H16Cl2N2OS/c20-15-6-8-17(9-7-15)22-19(25)23(13-18-5-2-10-24-18)12-14-3-1-4-16(21)11-14/h1-11H,12-13H2,(H,22,25). The number of nitrogens with one attached hydrogen (secondary N) is 1. The van der Waals surface area contributed by atoms with Crippen LogP contribution in [0.4, 0.5) is 5.69 Å². The van der Waals surface area contributed by atoms with Crippen LogP contribution in [0, 0.1) is 0 Å². The summed E-state index contributed by atoms with van der Waals surface area (Å²) in [6, 6.07) is 18.9. The van der Waals surface area contributed by atoms with Crippen LogP contribution in [0.25, 0.3) is 0 Å². The zero-order chi connectivity index (χ0) is 17.6. The number of benzene rings is 2. The molecule has 0 amide bonds. The Morgan fingerprint density at radius 2 is 1.76 bits per heavy atom. The van der Waals surface area contributed by atoms with Crippen molar-refractivity contribution in [3.05, 3.63) is 88.3 Å². The normalized spacial score (nSPS) is 10.5. The number of thiocarbonyl (C=S) groups is 1. The Bertz CT molecular complexity index is 835. The molecule has 0 spiro atoms. The van der Waals surface area contributed by atoms with Crippen LogP contribution >= 0.6 is 35.4 Å². The van der Waals surface area contributed by atoms with E-state index in [-0.39, 0.29) is 0 Å². The van der Waals surface area contributed by atoms with E-state index >= 15 is 0 Å². The third-order valence-electron chi connectivity index (χ3n) is 3.57. The molecule has 0 fully saturated rings. The maximum atomic E-state index is 6.10. The van der Waals surface area contributed by atoms with E-state index in [4.69, 9.17) is 39.8 Å². The van der Waals surface area contributed by atoms with Gasteiger partial charge < -0.3 is 14.6 Å². The summed E-state index contributed by atoms with van der Waals surface area (Å²) in [7, 11) is 0. The van der Waals surface area contributed by atoms with Crippen molar-refractivity contribution < 1.29 is 4.42 Å². The predicted molar refractivity (Wildman–Crippen MR) is 107 cm³/mol. The van der Waals surface area contributed by atoms with Crippen LogP contribution in [0.5, 0.6) is 0 Å². The molecule has 2 aromatic carbocycles. The lowest BCUT2D eigenvalue weighted by molar-refractivity contribution is 0.360. The van der Waals surface area contributed by atoms with E-state index in [1.807, 2.05) is 65.6 Å². The Hall–Kier alpha value is -2.01. The molecule has 1 aromatic heterocycles. The minimum atomic E-state index is 0.555. The fraction of sp³-hybridized carbons (Fsp3) is 0.105. The van der Waals surface area contributed by atoms with Gasteiger partial charge in [-0.2, -0.15) is 0 Å². The smallest absolute Gasteiger partial charge is 0.174 e. The molecule has 0 radical (unpaired) electrons. The van der Waals surface area contributed by atoms with Crippen molar-refractivity contribution >= 4 is 46.2 Å². The topological polar surface area (TPSA) is 28.4 Å². The van der Waals surface area contributed by atoms with Crippen LogP contribution < -0.4 is 5.32 Å². The molecule has 25 heavy (non-hydrogen) atoms. The van der Waals surface area contributed by atoms with Gasteiger partial charge in [0.1, 0.15) is 5.76 Å². The van der Waals surface area contributed by atoms with Crippen molar-refractivity contribution in [3.63, 3.8) is 0 Å². The largest absolute Gasteiger partial charge is 0.467 e. The molecule has 1 N–H and O–H groups in total. The molecule has 0 atom stereocenters. The summed E-state index contributed by atoms with van der Waals surface area (Å²) in [6.45, 7) is 1.17. The zero-order valence-corrected chi connectivity index (χ0v) is 15.6. The van der Waals surface area contributed by atoms with Crippen LogP contribution in [-0.2, 0) is 13.1 Å². The van der Waals surface area contributed by atoms with Crippen LogP contribution in [0.15, 0.2) is 71.3 Å². The van der Waals surface area contributed by atoms with E-state index < -0.39 is 0 Å². The van der Waals surface area contributed by atoms with E-state index in [0.717, 1.165) is 17.0 Å². The second-order valence-corrected chi connectivity index (χ2v) is 6.76. The zero-order valence-electron chi connectivity index (χ0n) is 13.3. The highest BCUT2D eigenvalue weighted by molar-refractivity contribution is 7.80. The summed E-state index contributed by atoms with van der Waals surface area (Å²) in [6.07, 6.45) is 1.66. The molecule has 0 unspecified atom stereocenters. The maximum Gasteiger partial charge on any atom is 0.174 e. The average Bonchev–Trinajstić information content (AvgIpc) is 3.09. The molecule has 3 nitrogen and oxygen atoms in total. The number of furan rings is 1. The molecule has 0 aliphatic rings. The molecule has 3 rings (SSSR count). The Kier molecular flexibility index (Phi) is 5.97. The van der Waals surface area contributed by atoms with Gasteiger partial charge in [-0.25, -0.2) is 0 Å². The van der Waals surface area contributed by atoms with Crippen molar-refractivity contribution in [3.8, 4) is 0 Å². The SMILES string of the molecule is S=C(Nc1ccc(Cl)cc1)N(Cc1cccc(Cl)c1)Cc1ccco1. The minimum absolute atomic E-state index is 0.555. The molecule has 0 aliphatic carbocycles. The molecule has 0 aliphatic heterocycles. The van der Waals surface area contributed by atoms with Crippen LogP contribution in [0.2, 0.25) is 10.0 Å². The fourth-order valence-corrected chi connectivity index (χ4v) is 2.97. The van der Waals surface area contributed by atoms with Gasteiger partial charge in [-0.3, -0.25) is 0 Å². The van der Waals surface area contributed by atoms with E-state index in [2.05, 4.69) is 5.32 Å². The number of halogens is 2. The second-order valence-electron chi connectivity index (χ2n) is 5.50. The highest BCUT2D eigenvalue weighted by Gasteiger charge is 2.13. The van der Waals surface area contributed by atoms with Crippen LogP contribution in [-0.4, -0.2) is 10.0 Å². The van der Waals surface area contributed by atoms with Gasteiger partial charge in [0.2, 0.25) is 0 Å². The monoisotopic (exact) mass is 390 g/mol. The van der Waals surface area contributed by atoms with E-state index in [9.17, 15) is 0 Å². The van der Waals surface area contributed by atoms with Gasteiger partial charge in [0.05, 0.1) is 12.8 Å². The van der Waals surface area contributed by atoms with Gasteiger partial charge >= 0.3 is 0 Å². The van der Waals surface area contributed by atoms with E-state index in [1.165, 1.54) is 0 Å². The van der Waals surface area contributed by atoms with Crippen molar-refractivity contribution in [1.82, 2.24) is 4.90 Å². The number of rotatable bonds is 5. The van der Waals surface area contributed by atoms with Gasteiger partial charge in [-0.05, 0) is 66.3 Å². The molecule has 1 heterocycles. The molecular weight excluding hydrogens is 375 g/mol. The second kappa shape index (κ2) is 8.39. The van der Waals surface area contributed by atoms with Gasteiger partial charge in [0.15, 0.2) is 5.11 Å². The fourth-order valence-electron chi connectivity index (χ4n) is 2.38. The number of hydrogen-bond acceptors (Lipinski definition) is 2. The summed E-state index contributed by atoms with van der Waals surface area (Å²) in [5.74, 6) is 0.835. The van der Waals surface area contributed by atoms with Crippen molar-refractivity contribution in [2.45, 2.75) is 13.1 Å². The third kappa shape index (κ3) is 5.23. The van der Waals surface area contributed by atoms with Crippen molar-refractivity contribution in [1.29, 1.82) is 0 Å². The van der Waals surface area contributed by atoms with Gasteiger partial charge in [-0.1, -0.05) is 35.3 Å². The number of hydrogen-bond donors (Lipinski definition) is 1. The number of nitrogens with zero attached hydrogens (tertiary/aromatic N) is 1. The van der Waals surface area contributed by atoms with E-state index in [1.54, 1.807) is 6.26 Å². The van der Waals surface area contributed by atoms with Crippen LogP contribution in [0.1, 0.15) is 11.3 Å². The Morgan fingerprint density at radius 1 is 0.960 bits per heavy atom. The molecule has 0 saturated heterocycles. The molecular formula is C19H16Cl2N2OS. The maximum absolute atomic E-state index is 6.10. The van der Waals surface area contributed by atoms with Gasteiger partial charge in [-0.15, -0.1) is 0 Å². The van der Waals surface area contributed by atoms with Crippen molar-refractivity contribution in [2.75, 3.05) is 5.32 Å². The molecule has 0 saturated carbocycles. The average molecular weight is 391 g/mol. The summed E-state index contributed by atoms with van der Waals surface area (Å²) in [4.78, 5) is 2.02. The highest BCUT2D eigenvalue weighted by atomic mass is 35.5. The lowest BCUT2D eigenvalue weighted by Crippen LogP contribution is -2.33. The van der Waals surface area contributed by atoms with E-state index in [0.29, 0.717) is 28.2 Å². The predicted octanol–water partition coefficient (Wildman–Crippen LogP) is 5.99. The van der Waals surface area contributed by atoms with Gasteiger partial charge in [0, 0.05) is 22.3 Å². The Balaban J connectivity index is 1.77. The minimum Gasteiger partial charge on any atom is -0.467 e. The molecule has 3 aromatic rings. The third-order valence-corrected chi connectivity index (χ3v) is 4.42. The van der Waals surface area contributed by atoms with Crippen molar-refractivity contribution in [2.24, 2.45) is 0 Å². The Labute approximate surface area is 162 Å². The molecule has 128 valence electrons. The first-order valence-corrected chi connectivity index (χ1v) is 8.85.